The van der Waals surface area contributed by atoms with Crippen molar-refractivity contribution in [1.29, 1.82) is 0 Å². The summed E-state index contributed by atoms with van der Waals surface area (Å²) >= 11 is 0. The lowest BCUT2D eigenvalue weighted by atomic mass is 9.92. The summed E-state index contributed by atoms with van der Waals surface area (Å²) in [6, 6.07) is 3.48. The van der Waals surface area contributed by atoms with Crippen LogP contribution in [0.4, 0.5) is 4.39 Å². The zero-order valence-corrected chi connectivity index (χ0v) is 8.82. The SMILES string of the molecule is CCc1c(C(C)C)ccc(F)c1C. The Morgan fingerprint density at radius 2 is 1.92 bits per heavy atom. The first kappa shape index (κ1) is 10.2. The van der Waals surface area contributed by atoms with Crippen molar-refractivity contribution >= 4 is 0 Å². The van der Waals surface area contributed by atoms with Gasteiger partial charge in [0.05, 0.1) is 0 Å². The monoisotopic (exact) mass is 180 g/mol. The third-order valence-electron chi connectivity index (χ3n) is 2.54. The number of hydrogen-bond acceptors (Lipinski definition) is 0. The van der Waals surface area contributed by atoms with E-state index in [-0.39, 0.29) is 5.82 Å². The molecule has 0 aromatic heterocycles. The Kier molecular flexibility index (Phi) is 3.07. The van der Waals surface area contributed by atoms with E-state index in [1.807, 2.05) is 13.0 Å². The zero-order valence-electron chi connectivity index (χ0n) is 8.82. The third kappa shape index (κ3) is 1.90. The van der Waals surface area contributed by atoms with Crippen LogP contribution in [0.25, 0.3) is 0 Å². The molecule has 0 fully saturated rings. The van der Waals surface area contributed by atoms with Gasteiger partial charge in [0.1, 0.15) is 5.82 Å². The lowest BCUT2D eigenvalue weighted by Gasteiger charge is -2.14. The van der Waals surface area contributed by atoms with Crippen LogP contribution >= 0.6 is 0 Å². The van der Waals surface area contributed by atoms with Gasteiger partial charge in [-0.2, -0.15) is 0 Å². The van der Waals surface area contributed by atoms with Crippen LogP contribution in [0.5, 0.6) is 0 Å². The van der Waals surface area contributed by atoms with Gasteiger partial charge in [0, 0.05) is 0 Å². The molecule has 0 aliphatic rings. The summed E-state index contributed by atoms with van der Waals surface area (Å²) in [6.07, 6.45) is 0.914. The summed E-state index contributed by atoms with van der Waals surface area (Å²) in [4.78, 5) is 0. The molecule has 13 heavy (non-hydrogen) atoms. The lowest BCUT2D eigenvalue weighted by molar-refractivity contribution is 0.613. The van der Waals surface area contributed by atoms with Gasteiger partial charge in [-0.25, -0.2) is 4.39 Å². The van der Waals surface area contributed by atoms with Gasteiger partial charge < -0.3 is 0 Å². The van der Waals surface area contributed by atoms with Gasteiger partial charge in [-0.05, 0) is 42.0 Å². The molecule has 0 atom stereocenters. The number of rotatable bonds is 2. The molecule has 1 rings (SSSR count). The van der Waals surface area contributed by atoms with E-state index in [0.717, 1.165) is 12.0 Å². The van der Waals surface area contributed by atoms with Crippen LogP contribution < -0.4 is 0 Å². The van der Waals surface area contributed by atoms with Crippen LogP contribution in [0.1, 0.15) is 43.4 Å². The quantitative estimate of drug-likeness (QED) is 0.649. The summed E-state index contributed by atoms with van der Waals surface area (Å²) in [6.45, 7) is 8.23. The maximum Gasteiger partial charge on any atom is 0.126 e. The number of benzene rings is 1. The predicted octanol–water partition coefficient (Wildman–Crippen LogP) is 3.82. The Labute approximate surface area is 79.8 Å². The average molecular weight is 180 g/mol. The molecule has 0 radical (unpaired) electrons. The molecular formula is C12H17F. The summed E-state index contributed by atoms with van der Waals surface area (Å²) in [5.41, 5.74) is 3.27. The first-order valence-corrected chi connectivity index (χ1v) is 4.85. The van der Waals surface area contributed by atoms with Crippen molar-refractivity contribution in [2.75, 3.05) is 0 Å². The highest BCUT2D eigenvalue weighted by molar-refractivity contribution is 5.37. The van der Waals surface area contributed by atoms with Gasteiger partial charge >= 0.3 is 0 Å². The Hall–Kier alpha value is -0.850. The molecule has 0 bridgehead atoms. The first-order chi connectivity index (χ1) is 6.07. The van der Waals surface area contributed by atoms with E-state index < -0.39 is 0 Å². The molecule has 1 aromatic carbocycles. The Balaban J connectivity index is 3.30. The van der Waals surface area contributed by atoms with Crippen molar-refractivity contribution in [3.63, 3.8) is 0 Å². The topological polar surface area (TPSA) is 0 Å². The molecule has 72 valence electrons. The summed E-state index contributed by atoms with van der Waals surface area (Å²) in [5, 5.41) is 0. The smallest absolute Gasteiger partial charge is 0.126 e. The fourth-order valence-electron chi connectivity index (χ4n) is 1.76. The fourth-order valence-corrected chi connectivity index (χ4v) is 1.76. The maximum atomic E-state index is 13.2. The third-order valence-corrected chi connectivity index (χ3v) is 2.54. The summed E-state index contributed by atoms with van der Waals surface area (Å²) in [7, 11) is 0. The van der Waals surface area contributed by atoms with E-state index in [0.29, 0.717) is 5.92 Å². The second-order valence-electron chi connectivity index (χ2n) is 3.75. The molecule has 0 unspecified atom stereocenters. The van der Waals surface area contributed by atoms with Gasteiger partial charge in [0.2, 0.25) is 0 Å². The van der Waals surface area contributed by atoms with Crippen molar-refractivity contribution in [3.05, 3.63) is 34.6 Å². The van der Waals surface area contributed by atoms with Gasteiger partial charge in [-0.1, -0.05) is 26.8 Å². The fraction of sp³-hybridized carbons (Fsp3) is 0.500. The summed E-state index contributed by atoms with van der Waals surface area (Å²) < 4.78 is 13.2. The molecule has 1 aromatic rings. The lowest BCUT2D eigenvalue weighted by Crippen LogP contribution is -2.00. The van der Waals surface area contributed by atoms with Crippen molar-refractivity contribution in [2.24, 2.45) is 0 Å². The molecule has 0 nitrogen and oxygen atoms in total. The highest BCUT2D eigenvalue weighted by Crippen LogP contribution is 2.24. The first-order valence-electron chi connectivity index (χ1n) is 4.85. The van der Waals surface area contributed by atoms with Crippen LogP contribution in [0.15, 0.2) is 12.1 Å². The van der Waals surface area contributed by atoms with Crippen molar-refractivity contribution in [2.45, 2.75) is 40.0 Å². The Bertz CT molecular complexity index is 300. The van der Waals surface area contributed by atoms with Crippen LogP contribution in [-0.4, -0.2) is 0 Å². The Morgan fingerprint density at radius 3 is 2.38 bits per heavy atom. The minimum Gasteiger partial charge on any atom is -0.207 e. The molecule has 0 saturated heterocycles. The molecule has 0 N–H and O–H groups in total. The van der Waals surface area contributed by atoms with Gasteiger partial charge in [-0.15, -0.1) is 0 Å². The minimum absolute atomic E-state index is 0.0822. The largest absolute Gasteiger partial charge is 0.207 e. The van der Waals surface area contributed by atoms with Crippen molar-refractivity contribution in [1.82, 2.24) is 0 Å². The van der Waals surface area contributed by atoms with E-state index in [9.17, 15) is 4.39 Å². The van der Waals surface area contributed by atoms with Gasteiger partial charge in [0.15, 0.2) is 0 Å². The maximum absolute atomic E-state index is 13.2. The standard InChI is InChI=1S/C12H17F/c1-5-10-9(4)12(13)7-6-11(10)8(2)3/h6-8H,5H2,1-4H3. The molecule has 0 heterocycles. The van der Waals surface area contributed by atoms with E-state index >= 15 is 0 Å². The highest BCUT2D eigenvalue weighted by Gasteiger charge is 2.10. The molecule has 0 amide bonds. The Morgan fingerprint density at radius 1 is 1.31 bits per heavy atom. The number of halogens is 1. The van der Waals surface area contributed by atoms with Crippen LogP contribution in [0.3, 0.4) is 0 Å². The van der Waals surface area contributed by atoms with Crippen molar-refractivity contribution < 1.29 is 4.39 Å². The normalized spacial score (nSPS) is 10.9. The summed E-state index contributed by atoms with van der Waals surface area (Å²) in [5.74, 6) is 0.399. The molecule has 0 aliphatic carbocycles. The number of hydrogen-bond donors (Lipinski definition) is 0. The second kappa shape index (κ2) is 3.91. The van der Waals surface area contributed by atoms with E-state index in [1.165, 1.54) is 11.1 Å². The van der Waals surface area contributed by atoms with Crippen LogP contribution in [-0.2, 0) is 6.42 Å². The highest BCUT2D eigenvalue weighted by atomic mass is 19.1. The van der Waals surface area contributed by atoms with Gasteiger partial charge in [-0.3, -0.25) is 0 Å². The second-order valence-corrected chi connectivity index (χ2v) is 3.75. The van der Waals surface area contributed by atoms with Crippen LogP contribution in [0.2, 0.25) is 0 Å². The average Bonchev–Trinajstić information content (AvgIpc) is 2.09. The molecule has 1 heteroatoms. The molecule has 0 aliphatic heterocycles. The van der Waals surface area contributed by atoms with Crippen molar-refractivity contribution in [3.8, 4) is 0 Å². The van der Waals surface area contributed by atoms with Gasteiger partial charge in [0.25, 0.3) is 0 Å². The zero-order chi connectivity index (χ0) is 10.0. The van der Waals surface area contributed by atoms with E-state index in [4.69, 9.17) is 0 Å². The molecular weight excluding hydrogens is 163 g/mol. The molecule has 0 spiro atoms. The van der Waals surface area contributed by atoms with E-state index in [2.05, 4.69) is 20.8 Å². The molecule has 0 saturated carbocycles. The minimum atomic E-state index is -0.0822. The predicted molar refractivity (Wildman–Crippen MR) is 54.6 cm³/mol. The van der Waals surface area contributed by atoms with E-state index in [1.54, 1.807) is 6.07 Å². The van der Waals surface area contributed by atoms with Crippen LogP contribution in [0, 0.1) is 12.7 Å².